The van der Waals surface area contributed by atoms with Gasteiger partial charge in [0.2, 0.25) is 0 Å². The fraction of sp³-hybridized carbons (Fsp3) is 0.455. The van der Waals surface area contributed by atoms with Crippen LogP contribution in [0.15, 0.2) is 18.2 Å². The number of rotatable bonds is 3. The Morgan fingerprint density at radius 3 is 2.64 bits per heavy atom. The van der Waals surface area contributed by atoms with Gasteiger partial charge in [-0.1, -0.05) is 53.5 Å². The van der Waals surface area contributed by atoms with E-state index in [9.17, 15) is 4.39 Å². The zero-order chi connectivity index (χ0) is 10.7. The maximum Gasteiger partial charge on any atom is 0.144 e. The van der Waals surface area contributed by atoms with E-state index in [-0.39, 0.29) is 10.8 Å². The van der Waals surface area contributed by atoms with Crippen molar-refractivity contribution in [2.24, 2.45) is 5.92 Å². The van der Waals surface area contributed by atoms with Gasteiger partial charge >= 0.3 is 0 Å². The first-order chi connectivity index (χ1) is 6.52. The molecule has 14 heavy (non-hydrogen) atoms. The van der Waals surface area contributed by atoms with Gasteiger partial charge in [-0.25, -0.2) is 4.39 Å². The van der Waals surface area contributed by atoms with Gasteiger partial charge in [-0.2, -0.15) is 0 Å². The second kappa shape index (κ2) is 5.13. The maximum absolute atomic E-state index is 13.5. The molecule has 0 spiro atoms. The number of hydrogen-bond acceptors (Lipinski definition) is 0. The van der Waals surface area contributed by atoms with Gasteiger partial charge < -0.3 is 0 Å². The third-order valence-electron chi connectivity index (χ3n) is 2.36. The number of alkyl halides is 1. The van der Waals surface area contributed by atoms with E-state index in [1.54, 1.807) is 18.2 Å². The van der Waals surface area contributed by atoms with Crippen LogP contribution in [0.2, 0.25) is 5.02 Å². The molecule has 0 aliphatic heterocycles. The van der Waals surface area contributed by atoms with Crippen molar-refractivity contribution in [2.45, 2.75) is 25.1 Å². The molecule has 0 saturated carbocycles. The highest BCUT2D eigenvalue weighted by molar-refractivity contribution is 9.09. The first-order valence-electron chi connectivity index (χ1n) is 4.59. The van der Waals surface area contributed by atoms with E-state index >= 15 is 0 Å². The van der Waals surface area contributed by atoms with Crippen LogP contribution in [0.3, 0.4) is 0 Å². The van der Waals surface area contributed by atoms with E-state index in [2.05, 4.69) is 29.8 Å². The largest absolute Gasteiger partial charge is 0.205 e. The van der Waals surface area contributed by atoms with Crippen LogP contribution in [0.5, 0.6) is 0 Å². The molecule has 0 N–H and O–H groups in total. The molecule has 0 saturated heterocycles. The van der Waals surface area contributed by atoms with Crippen molar-refractivity contribution in [1.82, 2.24) is 0 Å². The summed E-state index contributed by atoms with van der Waals surface area (Å²) in [5.74, 6) is 0.108. The molecule has 1 aromatic rings. The van der Waals surface area contributed by atoms with Crippen molar-refractivity contribution in [1.29, 1.82) is 0 Å². The van der Waals surface area contributed by atoms with E-state index in [1.807, 2.05) is 0 Å². The smallest absolute Gasteiger partial charge is 0.144 e. The van der Waals surface area contributed by atoms with Crippen LogP contribution < -0.4 is 0 Å². The quantitative estimate of drug-likeness (QED) is 0.718. The highest BCUT2D eigenvalue weighted by Gasteiger charge is 2.13. The SMILES string of the molecule is CC(Br)C(C)Cc1cccc(Cl)c1F. The lowest BCUT2D eigenvalue weighted by Gasteiger charge is -2.14. The fourth-order valence-corrected chi connectivity index (χ4v) is 1.60. The van der Waals surface area contributed by atoms with Gasteiger partial charge in [-0.05, 0) is 24.0 Å². The second-order valence-electron chi connectivity index (χ2n) is 3.57. The van der Waals surface area contributed by atoms with Crippen molar-refractivity contribution in [3.63, 3.8) is 0 Å². The molecule has 0 fully saturated rings. The number of benzene rings is 1. The molecule has 2 atom stereocenters. The highest BCUT2D eigenvalue weighted by atomic mass is 79.9. The van der Waals surface area contributed by atoms with Gasteiger partial charge in [-0.3, -0.25) is 0 Å². The van der Waals surface area contributed by atoms with Crippen LogP contribution in [0.1, 0.15) is 19.4 Å². The van der Waals surface area contributed by atoms with Crippen LogP contribution in [0.25, 0.3) is 0 Å². The molecular formula is C11H13BrClF. The predicted molar refractivity (Wildman–Crippen MR) is 62.7 cm³/mol. The topological polar surface area (TPSA) is 0 Å². The Labute approximate surface area is 97.6 Å². The van der Waals surface area contributed by atoms with Gasteiger partial charge in [-0.15, -0.1) is 0 Å². The molecule has 3 heteroatoms. The van der Waals surface area contributed by atoms with Gasteiger partial charge in [0.05, 0.1) is 5.02 Å². The summed E-state index contributed by atoms with van der Waals surface area (Å²) in [5, 5.41) is 0.205. The lowest BCUT2D eigenvalue weighted by Crippen LogP contribution is -2.10. The molecule has 0 aromatic heterocycles. The van der Waals surface area contributed by atoms with E-state index in [4.69, 9.17) is 11.6 Å². The molecule has 2 unspecified atom stereocenters. The number of halogens is 3. The molecule has 1 aromatic carbocycles. The summed E-state index contributed by atoms with van der Waals surface area (Å²) < 4.78 is 13.5. The van der Waals surface area contributed by atoms with Crippen LogP contribution in [0.4, 0.5) is 4.39 Å². The summed E-state index contributed by atoms with van der Waals surface area (Å²) in [6, 6.07) is 5.14. The monoisotopic (exact) mass is 278 g/mol. The van der Waals surface area contributed by atoms with Gasteiger partial charge in [0.1, 0.15) is 5.82 Å². The van der Waals surface area contributed by atoms with Crippen molar-refractivity contribution < 1.29 is 4.39 Å². The summed E-state index contributed by atoms with van der Waals surface area (Å²) in [6.45, 7) is 4.15. The third-order valence-corrected chi connectivity index (χ3v) is 3.55. The molecular weight excluding hydrogens is 266 g/mol. The van der Waals surface area contributed by atoms with Crippen molar-refractivity contribution in [3.8, 4) is 0 Å². The zero-order valence-electron chi connectivity index (χ0n) is 8.23. The minimum atomic E-state index is -0.283. The Balaban J connectivity index is 2.82. The van der Waals surface area contributed by atoms with E-state index in [1.165, 1.54) is 0 Å². The minimum absolute atomic E-state index is 0.205. The molecule has 0 aliphatic rings. The summed E-state index contributed by atoms with van der Waals surface area (Å²) >= 11 is 9.18. The third kappa shape index (κ3) is 2.96. The lowest BCUT2D eigenvalue weighted by molar-refractivity contribution is 0.545. The molecule has 1 rings (SSSR count). The van der Waals surface area contributed by atoms with Crippen LogP contribution in [0, 0.1) is 11.7 Å². The van der Waals surface area contributed by atoms with Gasteiger partial charge in [0.15, 0.2) is 0 Å². The summed E-state index contributed by atoms with van der Waals surface area (Å²) in [6.07, 6.45) is 0.707. The van der Waals surface area contributed by atoms with Gasteiger partial charge in [0, 0.05) is 4.83 Å². The van der Waals surface area contributed by atoms with E-state index in [0.29, 0.717) is 22.7 Å². The normalized spacial score (nSPS) is 15.2. The molecule has 0 amide bonds. The molecule has 0 bridgehead atoms. The minimum Gasteiger partial charge on any atom is -0.205 e. The standard InChI is InChI=1S/C11H13BrClF/c1-7(8(2)12)6-9-4-3-5-10(13)11(9)14/h3-5,7-8H,6H2,1-2H3. The number of hydrogen-bond donors (Lipinski definition) is 0. The zero-order valence-corrected chi connectivity index (χ0v) is 10.6. The second-order valence-corrected chi connectivity index (χ2v) is 5.42. The molecule has 0 heterocycles. The average Bonchev–Trinajstić information content (AvgIpc) is 2.12. The molecule has 78 valence electrons. The predicted octanol–water partition coefficient (Wildman–Crippen LogP) is 4.44. The maximum atomic E-state index is 13.5. The van der Waals surface area contributed by atoms with Crippen molar-refractivity contribution in [2.75, 3.05) is 0 Å². The Morgan fingerprint density at radius 1 is 1.43 bits per heavy atom. The molecule has 0 nitrogen and oxygen atoms in total. The Kier molecular flexibility index (Phi) is 4.39. The first kappa shape index (κ1) is 12.0. The van der Waals surface area contributed by atoms with Gasteiger partial charge in [0.25, 0.3) is 0 Å². The van der Waals surface area contributed by atoms with E-state index in [0.717, 1.165) is 0 Å². The summed E-state index contributed by atoms with van der Waals surface area (Å²) in [5.41, 5.74) is 0.691. The van der Waals surface area contributed by atoms with E-state index < -0.39 is 0 Å². The average molecular weight is 280 g/mol. The highest BCUT2D eigenvalue weighted by Crippen LogP contribution is 2.23. The van der Waals surface area contributed by atoms with Crippen molar-refractivity contribution in [3.05, 3.63) is 34.6 Å². The summed E-state index contributed by atoms with van der Waals surface area (Å²) in [7, 11) is 0. The molecule has 0 aliphatic carbocycles. The first-order valence-corrected chi connectivity index (χ1v) is 5.88. The Bertz CT molecular complexity index is 312. The van der Waals surface area contributed by atoms with Crippen molar-refractivity contribution >= 4 is 27.5 Å². The molecule has 0 radical (unpaired) electrons. The van der Waals surface area contributed by atoms with Crippen LogP contribution >= 0.6 is 27.5 Å². The Morgan fingerprint density at radius 2 is 2.07 bits per heavy atom. The van der Waals surface area contributed by atoms with Crippen LogP contribution in [-0.4, -0.2) is 4.83 Å². The Hall–Kier alpha value is -0.0800. The summed E-state index contributed by atoms with van der Waals surface area (Å²) in [4.78, 5) is 0.376. The lowest BCUT2D eigenvalue weighted by atomic mass is 9.98. The fourth-order valence-electron chi connectivity index (χ4n) is 1.22. The van der Waals surface area contributed by atoms with Crippen LogP contribution in [-0.2, 0) is 6.42 Å².